The van der Waals surface area contributed by atoms with E-state index in [4.69, 9.17) is 5.73 Å². The molecule has 0 saturated carbocycles. The van der Waals surface area contributed by atoms with Crippen LogP contribution in [0.15, 0.2) is 5.38 Å². The molecule has 0 aromatic carbocycles. The molecule has 0 saturated heterocycles. The SMILES string of the molecule is CC(C)c1nc(C(O)C(C)N)cs1. The zero-order valence-electron chi connectivity index (χ0n) is 8.19. The Morgan fingerprint density at radius 2 is 2.08 bits per heavy atom. The van der Waals surface area contributed by atoms with Crippen LogP contribution >= 0.6 is 11.3 Å². The summed E-state index contributed by atoms with van der Waals surface area (Å²) in [6.07, 6.45) is -0.635. The molecule has 3 N–H and O–H groups in total. The van der Waals surface area contributed by atoms with Gasteiger partial charge in [0.1, 0.15) is 6.10 Å². The highest BCUT2D eigenvalue weighted by Crippen LogP contribution is 2.23. The zero-order chi connectivity index (χ0) is 10.0. The Hall–Kier alpha value is -0.450. The number of aliphatic hydroxyl groups is 1. The molecule has 1 heterocycles. The minimum Gasteiger partial charge on any atom is -0.385 e. The predicted molar refractivity (Wildman–Crippen MR) is 54.8 cm³/mol. The first kappa shape index (κ1) is 10.6. The highest BCUT2D eigenvalue weighted by atomic mass is 32.1. The molecule has 1 rings (SSSR count). The van der Waals surface area contributed by atoms with Gasteiger partial charge >= 0.3 is 0 Å². The van der Waals surface area contributed by atoms with E-state index in [1.807, 2.05) is 5.38 Å². The van der Waals surface area contributed by atoms with Crippen molar-refractivity contribution in [2.45, 2.75) is 38.8 Å². The highest BCUT2D eigenvalue weighted by molar-refractivity contribution is 7.09. The third-order valence-corrected chi connectivity index (χ3v) is 3.00. The lowest BCUT2D eigenvalue weighted by molar-refractivity contribution is 0.149. The van der Waals surface area contributed by atoms with Crippen LogP contribution in [0.2, 0.25) is 0 Å². The fourth-order valence-corrected chi connectivity index (χ4v) is 1.83. The average Bonchev–Trinajstić information content (AvgIpc) is 2.50. The molecule has 0 aliphatic carbocycles. The summed E-state index contributed by atoms with van der Waals surface area (Å²) in [7, 11) is 0. The van der Waals surface area contributed by atoms with Crippen LogP contribution in [0.3, 0.4) is 0 Å². The van der Waals surface area contributed by atoms with E-state index < -0.39 is 6.10 Å². The predicted octanol–water partition coefficient (Wildman–Crippen LogP) is 1.65. The van der Waals surface area contributed by atoms with E-state index in [9.17, 15) is 5.11 Å². The maximum absolute atomic E-state index is 9.61. The first-order chi connectivity index (χ1) is 6.02. The van der Waals surface area contributed by atoms with E-state index in [2.05, 4.69) is 18.8 Å². The van der Waals surface area contributed by atoms with Crippen molar-refractivity contribution >= 4 is 11.3 Å². The molecule has 13 heavy (non-hydrogen) atoms. The highest BCUT2D eigenvalue weighted by Gasteiger charge is 2.16. The molecule has 0 spiro atoms. The van der Waals surface area contributed by atoms with Crippen molar-refractivity contribution in [3.05, 3.63) is 16.1 Å². The summed E-state index contributed by atoms with van der Waals surface area (Å²) in [4.78, 5) is 4.32. The van der Waals surface area contributed by atoms with Crippen molar-refractivity contribution in [1.29, 1.82) is 0 Å². The van der Waals surface area contributed by atoms with Crippen molar-refractivity contribution in [3.63, 3.8) is 0 Å². The van der Waals surface area contributed by atoms with Crippen LogP contribution < -0.4 is 5.73 Å². The molecule has 1 aromatic rings. The van der Waals surface area contributed by atoms with Gasteiger partial charge in [0.15, 0.2) is 0 Å². The molecule has 74 valence electrons. The molecular formula is C9H16N2OS. The molecule has 0 aliphatic rings. The summed E-state index contributed by atoms with van der Waals surface area (Å²) in [5.41, 5.74) is 6.27. The molecule has 0 amide bonds. The summed E-state index contributed by atoms with van der Waals surface area (Å²) in [6, 6.07) is -0.262. The van der Waals surface area contributed by atoms with Crippen molar-refractivity contribution in [1.82, 2.24) is 4.98 Å². The van der Waals surface area contributed by atoms with E-state index in [-0.39, 0.29) is 6.04 Å². The second kappa shape index (κ2) is 4.17. The lowest BCUT2D eigenvalue weighted by Crippen LogP contribution is -2.24. The molecule has 0 bridgehead atoms. The fraction of sp³-hybridized carbons (Fsp3) is 0.667. The third kappa shape index (κ3) is 2.49. The number of hydrogen-bond donors (Lipinski definition) is 2. The first-order valence-corrected chi connectivity index (χ1v) is 5.29. The largest absolute Gasteiger partial charge is 0.385 e. The molecule has 0 radical (unpaired) electrons. The third-order valence-electron chi connectivity index (χ3n) is 1.83. The Balaban J connectivity index is 2.79. The van der Waals surface area contributed by atoms with E-state index in [1.54, 1.807) is 18.3 Å². The van der Waals surface area contributed by atoms with Crippen molar-refractivity contribution < 1.29 is 5.11 Å². The number of rotatable bonds is 3. The van der Waals surface area contributed by atoms with Crippen LogP contribution in [-0.2, 0) is 0 Å². The van der Waals surface area contributed by atoms with Crippen molar-refractivity contribution in [2.75, 3.05) is 0 Å². The Kier molecular flexibility index (Phi) is 3.41. The molecule has 1 aromatic heterocycles. The number of nitrogens with two attached hydrogens (primary N) is 1. The van der Waals surface area contributed by atoms with E-state index in [0.29, 0.717) is 11.6 Å². The number of thiazole rings is 1. The number of aliphatic hydroxyl groups excluding tert-OH is 1. The summed E-state index contributed by atoms with van der Waals surface area (Å²) >= 11 is 1.58. The molecule has 2 atom stereocenters. The summed E-state index contributed by atoms with van der Waals surface area (Å²) in [6.45, 7) is 5.95. The fourth-order valence-electron chi connectivity index (χ4n) is 0.971. The quantitative estimate of drug-likeness (QED) is 0.780. The van der Waals surface area contributed by atoms with Gasteiger partial charge in [-0.15, -0.1) is 11.3 Å². The minimum atomic E-state index is -0.635. The van der Waals surface area contributed by atoms with Gasteiger partial charge in [0.25, 0.3) is 0 Å². The zero-order valence-corrected chi connectivity index (χ0v) is 9.01. The second-order valence-electron chi connectivity index (χ2n) is 3.57. The smallest absolute Gasteiger partial charge is 0.112 e. The van der Waals surface area contributed by atoms with Crippen molar-refractivity contribution in [3.8, 4) is 0 Å². The normalized spacial score (nSPS) is 16.2. The molecule has 2 unspecified atom stereocenters. The van der Waals surface area contributed by atoms with Gasteiger partial charge < -0.3 is 10.8 Å². The van der Waals surface area contributed by atoms with Gasteiger partial charge in [0.2, 0.25) is 0 Å². The molecular weight excluding hydrogens is 184 g/mol. The second-order valence-corrected chi connectivity index (χ2v) is 4.46. The standard InChI is InChI=1S/C9H16N2OS/c1-5(2)9-11-7(4-13-9)8(12)6(3)10/h4-6,8,12H,10H2,1-3H3. The number of hydrogen-bond acceptors (Lipinski definition) is 4. The van der Waals surface area contributed by atoms with Crippen LogP contribution in [0.1, 0.15) is 43.5 Å². The Morgan fingerprint density at radius 3 is 2.46 bits per heavy atom. The molecule has 4 heteroatoms. The van der Waals surface area contributed by atoms with E-state index in [1.165, 1.54) is 0 Å². The van der Waals surface area contributed by atoms with Crippen LogP contribution in [0.25, 0.3) is 0 Å². The van der Waals surface area contributed by atoms with Gasteiger partial charge in [0.05, 0.1) is 10.7 Å². The first-order valence-electron chi connectivity index (χ1n) is 4.41. The van der Waals surface area contributed by atoms with E-state index in [0.717, 1.165) is 5.01 Å². The maximum atomic E-state index is 9.61. The van der Waals surface area contributed by atoms with Crippen molar-refractivity contribution in [2.24, 2.45) is 5.73 Å². The average molecular weight is 200 g/mol. The number of aromatic nitrogens is 1. The number of nitrogens with zero attached hydrogens (tertiary/aromatic N) is 1. The van der Waals surface area contributed by atoms with Crippen LogP contribution in [0.4, 0.5) is 0 Å². The van der Waals surface area contributed by atoms with Crippen LogP contribution in [-0.4, -0.2) is 16.1 Å². The van der Waals surface area contributed by atoms with E-state index >= 15 is 0 Å². The lowest BCUT2D eigenvalue weighted by Gasteiger charge is -2.11. The van der Waals surface area contributed by atoms with Crippen LogP contribution in [0.5, 0.6) is 0 Å². The maximum Gasteiger partial charge on any atom is 0.112 e. The molecule has 0 aliphatic heterocycles. The summed E-state index contributed by atoms with van der Waals surface area (Å²) in [5.74, 6) is 0.416. The molecule has 0 fully saturated rings. The Bertz CT molecular complexity index is 270. The Labute approximate surface area is 82.6 Å². The van der Waals surface area contributed by atoms with Gasteiger partial charge in [-0.25, -0.2) is 4.98 Å². The van der Waals surface area contributed by atoms with Gasteiger partial charge in [-0.3, -0.25) is 0 Å². The monoisotopic (exact) mass is 200 g/mol. The molecule has 3 nitrogen and oxygen atoms in total. The van der Waals surface area contributed by atoms with Gasteiger partial charge in [-0.2, -0.15) is 0 Å². The Morgan fingerprint density at radius 1 is 1.46 bits per heavy atom. The summed E-state index contributed by atoms with van der Waals surface area (Å²) < 4.78 is 0. The lowest BCUT2D eigenvalue weighted by atomic mass is 10.1. The topological polar surface area (TPSA) is 59.1 Å². The van der Waals surface area contributed by atoms with Gasteiger partial charge in [-0.1, -0.05) is 13.8 Å². The summed E-state index contributed by atoms with van der Waals surface area (Å²) in [5, 5.41) is 12.5. The van der Waals surface area contributed by atoms with Gasteiger partial charge in [-0.05, 0) is 6.92 Å². The van der Waals surface area contributed by atoms with Gasteiger partial charge in [0, 0.05) is 17.3 Å². The van der Waals surface area contributed by atoms with Crippen LogP contribution in [0, 0.1) is 0 Å². The minimum absolute atomic E-state index is 0.262.